The molecule has 6 heteroatoms. The van der Waals surface area contributed by atoms with Crippen molar-refractivity contribution in [2.24, 2.45) is 0 Å². The first kappa shape index (κ1) is 13.5. The lowest BCUT2D eigenvalue weighted by molar-refractivity contribution is 0.0633. The molecular formula is C11H15NO4S. The van der Waals surface area contributed by atoms with Gasteiger partial charge in [-0.2, -0.15) is 0 Å². The molecule has 2 N–H and O–H groups in total. The number of hydrogen-bond donors (Lipinski definition) is 2. The summed E-state index contributed by atoms with van der Waals surface area (Å²) in [6, 6.07) is 1.42. The van der Waals surface area contributed by atoms with Crippen molar-refractivity contribution in [3.8, 4) is 0 Å². The number of carbonyl (C=O) groups is 2. The minimum absolute atomic E-state index is 0.188. The smallest absolute Gasteiger partial charge is 0.412 e. The van der Waals surface area contributed by atoms with Gasteiger partial charge < -0.3 is 9.84 Å². The molecule has 1 amide bonds. The van der Waals surface area contributed by atoms with Gasteiger partial charge in [0.1, 0.15) is 10.5 Å². The Kier molecular flexibility index (Phi) is 3.77. The molecule has 0 atom stereocenters. The predicted molar refractivity (Wildman–Crippen MR) is 65.9 cm³/mol. The number of aryl methyl sites for hydroxylation is 1. The van der Waals surface area contributed by atoms with Gasteiger partial charge in [0.25, 0.3) is 0 Å². The average Bonchev–Trinajstić information content (AvgIpc) is 2.44. The number of hydrogen-bond acceptors (Lipinski definition) is 4. The maximum atomic E-state index is 11.5. The largest absolute Gasteiger partial charge is 0.477 e. The highest BCUT2D eigenvalue weighted by Gasteiger charge is 2.18. The molecule has 5 nitrogen and oxygen atoms in total. The van der Waals surface area contributed by atoms with Crippen molar-refractivity contribution in [1.29, 1.82) is 0 Å². The highest BCUT2D eigenvalue weighted by atomic mass is 32.1. The van der Waals surface area contributed by atoms with Crippen LogP contribution in [0.2, 0.25) is 0 Å². The molecule has 0 aliphatic heterocycles. The maximum absolute atomic E-state index is 11.5. The molecule has 17 heavy (non-hydrogen) atoms. The summed E-state index contributed by atoms with van der Waals surface area (Å²) in [4.78, 5) is 23.1. The van der Waals surface area contributed by atoms with Crippen LogP contribution in [0.15, 0.2) is 6.07 Å². The molecule has 0 radical (unpaired) electrons. The van der Waals surface area contributed by atoms with Crippen LogP contribution in [-0.4, -0.2) is 22.8 Å². The highest BCUT2D eigenvalue weighted by molar-refractivity contribution is 7.14. The number of anilines is 1. The number of carbonyl (C=O) groups excluding carboxylic acids is 1. The molecular weight excluding hydrogens is 242 g/mol. The van der Waals surface area contributed by atoms with Crippen LogP contribution in [-0.2, 0) is 4.74 Å². The fourth-order valence-electron chi connectivity index (χ4n) is 1.13. The number of carboxylic acid groups (broad SMARTS) is 1. The molecule has 94 valence electrons. The molecule has 0 saturated heterocycles. The number of nitrogens with one attached hydrogen (secondary N) is 1. The van der Waals surface area contributed by atoms with E-state index in [9.17, 15) is 9.59 Å². The summed E-state index contributed by atoms with van der Waals surface area (Å²) in [6.45, 7) is 7.02. The molecule has 0 aliphatic rings. The van der Waals surface area contributed by atoms with Crippen molar-refractivity contribution >= 4 is 29.1 Å². The van der Waals surface area contributed by atoms with Crippen LogP contribution in [0, 0.1) is 6.92 Å². The van der Waals surface area contributed by atoms with Gasteiger partial charge in [0, 0.05) is 4.88 Å². The topological polar surface area (TPSA) is 75.6 Å². The van der Waals surface area contributed by atoms with Gasteiger partial charge in [-0.15, -0.1) is 11.3 Å². The Balaban J connectivity index is 2.75. The van der Waals surface area contributed by atoms with Gasteiger partial charge in [0.15, 0.2) is 0 Å². The third-order valence-electron chi connectivity index (χ3n) is 1.76. The Labute approximate surface area is 103 Å². The lowest BCUT2D eigenvalue weighted by atomic mass is 10.2. The average molecular weight is 257 g/mol. The number of amides is 1. The Morgan fingerprint density at radius 2 is 2.00 bits per heavy atom. The minimum atomic E-state index is -1.00. The second-order valence-corrected chi connectivity index (χ2v) is 5.77. The number of thiophene rings is 1. The van der Waals surface area contributed by atoms with Crippen LogP contribution in [0.4, 0.5) is 10.5 Å². The number of ether oxygens (including phenoxy) is 1. The zero-order valence-electron chi connectivity index (χ0n) is 10.2. The van der Waals surface area contributed by atoms with Crippen molar-refractivity contribution in [2.45, 2.75) is 33.3 Å². The Bertz CT molecular complexity index is 445. The van der Waals surface area contributed by atoms with Gasteiger partial charge >= 0.3 is 12.1 Å². The van der Waals surface area contributed by atoms with Crippen molar-refractivity contribution in [1.82, 2.24) is 0 Å². The zero-order chi connectivity index (χ0) is 13.2. The van der Waals surface area contributed by atoms with Crippen LogP contribution in [0.25, 0.3) is 0 Å². The third kappa shape index (κ3) is 4.07. The summed E-state index contributed by atoms with van der Waals surface area (Å²) in [7, 11) is 0. The van der Waals surface area contributed by atoms with Gasteiger partial charge in [-0.3, -0.25) is 5.32 Å². The van der Waals surface area contributed by atoms with Crippen LogP contribution in [0.3, 0.4) is 0 Å². The normalized spacial score (nSPS) is 11.1. The zero-order valence-corrected chi connectivity index (χ0v) is 11.0. The summed E-state index contributed by atoms with van der Waals surface area (Å²) >= 11 is 1.11. The summed E-state index contributed by atoms with van der Waals surface area (Å²) < 4.78 is 5.07. The Hall–Kier alpha value is -1.56. The van der Waals surface area contributed by atoms with E-state index in [1.807, 2.05) is 0 Å². The molecule has 0 saturated carbocycles. The van der Waals surface area contributed by atoms with Crippen molar-refractivity contribution in [3.05, 3.63) is 15.8 Å². The van der Waals surface area contributed by atoms with E-state index in [1.165, 1.54) is 6.07 Å². The summed E-state index contributed by atoms with van der Waals surface area (Å²) in [5, 5.41) is 11.3. The number of carboxylic acids is 1. The van der Waals surface area contributed by atoms with Gasteiger partial charge in [-0.25, -0.2) is 9.59 Å². The molecule has 0 aromatic carbocycles. The predicted octanol–water partition coefficient (Wildman–Crippen LogP) is 3.10. The number of rotatable bonds is 2. The number of aromatic carboxylic acids is 1. The van der Waals surface area contributed by atoms with Crippen LogP contribution < -0.4 is 5.32 Å². The van der Waals surface area contributed by atoms with E-state index >= 15 is 0 Å². The molecule has 0 fully saturated rings. The lowest BCUT2D eigenvalue weighted by Gasteiger charge is -2.19. The minimum Gasteiger partial charge on any atom is -0.477 e. The first-order valence-electron chi connectivity index (χ1n) is 5.03. The first-order chi connectivity index (χ1) is 7.69. The monoisotopic (exact) mass is 257 g/mol. The van der Waals surface area contributed by atoms with Crippen molar-refractivity contribution < 1.29 is 19.4 Å². The van der Waals surface area contributed by atoms with E-state index in [4.69, 9.17) is 9.84 Å². The maximum Gasteiger partial charge on any atom is 0.412 e. The second-order valence-electron chi connectivity index (χ2n) is 4.51. The Morgan fingerprint density at radius 1 is 1.41 bits per heavy atom. The van der Waals surface area contributed by atoms with E-state index in [0.717, 1.165) is 16.2 Å². The molecule has 1 heterocycles. The van der Waals surface area contributed by atoms with Gasteiger partial charge in [-0.05, 0) is 33.8 Å². The van der Waals surface area contributed by atoms with E-state index in [1.54, 1.807) is 27.7 Å². The standard InChI is InChI=1S/C11H15NO4S/c1-6-7(5-8(17-6)9(13)14)12-10(15)16-11(2,3)4/h5H,1-4H3,(H,12,15)(H,13,14). The molecule has 1 aromatic heterocycles. The Morgan fingerprint density at radius 3 is 2.41 bits per heavy atom. The molecule has 1 aromatic rings. The van der Waals surface area contributed by atoms with E-state index in [-0.39, 0.29) is 4.88 Å². The summed E-state index contributed by atoms with van der Waals surface area (Å²) in [5.41, 5.74) is -0.106. The van der Waals surface area contributed by atoms with E-state index in [0.29, 0.717) is 5.69 Å². The van der Waals surface area contributed by atoms with Crippen LogP contribution in [0.1, 0.15) is 35.3 Å². The second kappa shape index (κ2) is 4.75. The molecule has 0 unspecified atom stereocenters. The molecule has 0 spiro atoms. The van der Waals surface area contributed by atoms with Gasteiger partial charge in [0.05, 0.1) is 5.69 Å². The van der Waals surface area contributed by atoms with Crippen molar-refractivity contribution in [2.75, 3.05) is 5.32 Å². The van der Waals surface area contributed by atoms with Gasteiger partial charge in [-0.1, -0.05) is 0 Å². The fraction of sp³-hybridized carbons (Fsp3) is 0.455. The first-order valence-corrected chi connectivity index (χ1v) is 5.84. The lowest BCUT2D eigenvalue weighted by Crippen LogP contribution is -2.27. The van der Waals surface area contributed by atoms with Gasteiger partial charge in [0.2, 0.25) is 0 Å². The summed E-state index contributed by atoms with van der Waals surface area (Å²) in [6.07, 6.45) is -0.588. The van der Waals surface area contributed by atoms with Crippen LogP contribution >= 0.6 is 11.3 Å². The molecule has 0 bridgehead atoms. The van der Waals surface area contributed by atoms with Crippen molar-refractivity contribution in [3.63, 3.8) is 0 Å². The van der Waals surface area contributed by atoms with E-state index in [2.05, 4.69) is 5.32 Å². The fourth-order valence-corrected chi connectivity index (χ4v) is 1.94. The SMILES string of the molecule is Cc1sc(C(=O)O)cc1NC(=O)OC(C)(C)C. The highest BCUT2D eigenvalue weighted by Crippen LogP contribution is 2.26. The third-order valence-corrected chi connectivity index (χ3v) is 2.80. The van der Waals surface area contributed by atoms with E-state index < -0.39 is 17.7 Å². The molecule has 0 aliphatic carbocycles. The summed E-state index contributed by atoms with van der Waals surface area (Å²) in [5.74, 6) is -1.00. The molecule has 1 rings (SSSR count). The quantitative estimate of drug-likeness (QED) is 0.853. The van der Waals surface area contributed by atoms with Crippen LogP contribution in [0.5, 0.6) is 0 Å².